The highest BCUT2D eigenvalue weighted by Crippen LogP contribution is 2.39. The van der Waals surface area contributed by atoms with Crippen molar-refractivity contribution < 1.29 is 0 Å². The van der Waals surface area contributed by atoms with E-state index in [1.807, 2.05) is 0 Å². The fourth-order valence-electron chi connectivity index (χ4n) is 6.63. The van der Waals surface area contributed by atoms with Crippen LogP contribution in [-0.4, -0.2) is 26.2 Å². The van der Waals surface area contributed by atoms with E-state index >= 15 is 0 Å². The van der Waals surface area contributed by atoms with E-state index in [1.54, 1.807) is 0 Å². The third-order valence-electron chi connectivity index (χ3n) is 9.32. The molecule has 0 N–H and O–H groups in total. The van der Waals surface area contributed by atoms with Gasteiger partial charge in [0.25, 0.3) is 0 Å². The molecule has 0 atom stereocenters. The molecule has 2 nitrogen and oxygen atoms in total. The highest BCUT2D eigenvalue weighted by Gasteiger charge is 2.15. The summed E-state index contributed by atoms with van der Waals surface area (Å²) in [4.78, 5) is 5.26. The Morgan fingerprint density at radius 2 is 0.674 bits per heavy atom. The second-order valence-electron chi connectivity index (χ2n) is 13.0. The molecule has 0 saturated heterocycles. The Morgan fingerprint density at radius 3 is 1.00 bits per heavy atom. The molecule has 0 spiro atoms. The van der Waals surface area contributed by atoms with Crippen LogP contribution in [0.15, 0.2) is 97.1 Å². The first-order valence-electron chi connectivity index (χ1n) is 18.6. The largest absolute Gasteiger partial charge is 0.372 e. The minimum Gasteiger partial charge on any atom is -0.372 e. The standard InChI is InChI=1S/C44H60N2/c1-5-9-17-31-45(32-18-10-6-2)39-25-21-23-37(35-39)41-27-13-15-29-43(41)44-30-16-14-28-42(44)38-24-22-26-40(36-38)46(33-19-11-7-3)34-20-12-8-4/h13-16,21-30,35-36H,5-12,17-20,31-34H2,1-4H3. The van der Waals surface area contributed by atoms with Gasteiger partial charge in [-0.1, -0.05) is 152 Å². The molecule has 2 heteroatoms. The van der Waals surface area contributed by atoms with Gasteiger partial charge < -0.3 is 9.80 Å². The molecule has 4 rings (SSSR count). The van der Waals surface area contributed by atoms with Crippen LogP contribution in [0.3, 0.4) is 0 Å². The van der Waals surface area contributed by atoms with Crippen LogP contribution in [0.25, 0.3) is 33.4 Å². The molecule has 0 fully saturated rings. The summed E-state index contributed by atoms with van der Waals surface area (Å²) in [6, 6.07) is 36.6. The maximum atomic E-state index is 2.63. The molecule has 0 aliphatic carbocycles. The Bertz CT molecular complexity index is 1290. The smallest absolute Gasteiger partial charge is 0.0372 e. The number of anilines is 2. The van der Waals surface area contributed by atoms with Crippen molar-refractivity contribution in [2.45, 2.75) is 105 Å². The third kappa shape index (κ3) is 10.2. The summed E-state index contributed by atoms with van der Waals surface area (Å²) in [6.07, 6.45) is 15.2. The van der Waals surface area contributed by atoms with Gasteiger partial charge in [0, 0.05) is 37.6 Å². The second-order valence-corrected chi connectivity index (χ2v) is 13.0. The first-order valence-corrected chi connectivity index (χ1v) is 18.6. The molecular weight excluding hydrogens is 556 g/mol. The van der Waals surface area contributed by atoms with E-state index in [9.17, 15) is 0 Å². The molecule has 0 aliphatic heterocycles. The lowest BCUT2D eigenvalue weighted by molar-refractivity contribution is 0.636. The Labute approximate surface area is 281 Å². The molecule has 0 heterocycles. The first-order chi connectivity index (χ1) is 22.7. The average molecular weight is 617 g/mol. The predicted molar refractivity (Wildman–Crippen MR) is 205 cm³/mol. The van der Waals surface area contributed by atoms with E-state index in [4.69, 9.17) is 0 Å². The van der Waals surface area contributed by atoms with E-state index in [0.717, 1.165) is 26.2 Å². The van der Waals surface area contributed by atoms with Gasteiger partial charge in [-0.05, 0) is 83.3 Å². The normalized spacial score (nSPS) is 11.1. The van der Waals surface area contributed by atoms with Crippen LogP contribution < -0.4 is 9.80 Å². The third-order valence-corrected chi connectivity index (χ3v) is 9.32. The fraction of sp³-hybridized carbons (Fsp3) is 0.455. The van der Waals surface area contributed by atoms with Crippen LogP contribution in [0.2, 0.25) is 0 Å². The van der Waals surface area contributed by atoms with Gasteiger partial charge in [0.2, 0.25) is 0 Å². The second kappa shape index (κ2) is 19.9. The van der Waals surface area contributed by atoms with Crippen molar-refractivity contribution in [3.8, 4) is 33.4 Å². The van der Waals surface area contributed by atoms with Crippen molar-refractivity contribution >= 4 is 11.4 Å². The minimum atomic E-state index is 1.13. The molecule has 0 amide bonds. The SMILES string of the molecule is CCCCCN(CCCCC)c1cccc(-c2ccccc2-c2ccccc2-c2cccc(N(CCCCC)CCCCC)c2)c1. The van der Waals surface area contributed by atoms with Gasteiger partial charge in [-0.2, -0.15) is 0 Å². The number of benzene rings is 4. The highest BCUT2D eigenvalue weighted by molar-refractivity contribution is 5.92. The lowest BCUT2D eigenvalue weighted by Gasteiger charge is -2.26. The monoisotopic (exact) mass is 616 g/mol. The molecule has 4 aromatic carbocycles. The summed E-state index contributed by atoms with van der Waals surface area (Å²) >= 11 is 0. The molecule has 0 aliphatic rings. The number of nitrogens with zero attached hydrogens (tertiary/aromatic N) is 2. The van der Waals surface area contributed by atoms with Gasteiger partial charge in [0.05, 0.1) is 0 Å². The number of unbranched alkanes of at least 4 members (excludes halogenated alkanes) is 8. The Balaban J connectivity index is 1.69. The van der Waals surface area contributed by atoms with Crippen LogP contribution in [0.4, 0.5) is 11.4 Å². The van der Waals surface area contributed by atoms with Crippen molar-refractivity contribution in [1.82, 2.24) is 0 Å². The molecule has 0 aromatic heterocycles. The first kappa shape index (κ1) is 35.3. The molecule has 46 heavy (non-hydrogen) atoms. The lowest BCUT2D eigenvalue weighted by atomic mass is 9.89. The zero-order valence-electron chi connectivity index (χ0n) is 29.4. The van der Waals surface area contributed by atoms with Gasteiger partial charge in [0.1, 0.15) is 0 Å². The topological polar surface area (TPSA) is 6.48 Å². The maximum absolute atomic E-state index is 2.63. The summed E-state index contributed by atoms with van der Waals surface area (Å²) in [5, 5.41) is 0. The number of hydrogen-bond donors (Lipinski definition) is 0. The van der Waals surface area contributed by atoms with Crippen molar-refractivity contribution in [2.24, 2.45) is 0 Å². The Hall–Kier alpha value is -3.52. The molecule has 0 saturated carbocycles. The van der Waals surface area contributed by atoms with Crippen LogP contribution in [-0.2, 0) is 0 Å². The predicted octanol–water partition coefficient (Wildman–Crippen LogP) is 13.1. The zero-order chi connectivity index (χ0) is 32.4. The van der Waals surface area contributed by atoms with Gasteiger partial charge in [0.15, 0.2) is 0 Å². The van der Waals surface area contributed by atoms with Crippen LogP contribution in [0.5, 0.6) is 0 Å². The fourth-order valence-corrected chi connectivity index (χ4v) is 6.63. The van der Waals surface area contributed by atoms with Gasteiger partial charge in [-0.25, -0.2) is 0 Å². The molecular formula is C44H60N2. The molecule has 0 bridgehead atoms. The van der Waals surface area contributed by atoms with E-state index in [2.05, 4.69) is 135 Å². The minimum absolute atomic E-state index is 1.13. The van der Waals surface area contributed by atoms with Crippen LogP contribution in [0.1, 0.15) is 105 Å². The Morgan fingerprint density at radius 1 is 0.348 bits per heavy atom. The molecule has 0 radical (unpaired) electrons. The van der Waals surface area contributed by atoms with Gasteiger partial charge in [-0.3, -0.25) is 0 Å². The van der Waals surface area contributed by atoms with Crippen molar-refractivity contribution in [3.63, 3.8) is 0 Å². The van der Waals surface area contributed by atoms with Crippen molar-refractivity contribution in [2.75, 3.05) is 36.0 Å². The summed E-state index contributed by atoms with van der Waals surface area (Å²) in [6.45, 7) is 13.7. The van der Waals surface area contributed by atoms with Crippen molar-refractivity contribution in [1.29, 1.82) is 0 Å². The quantitative estimate of drug-likeness (QED) is 0.0859. The van der Waals surface area contributed by atoms with Crippen molar-refractivity contribution in [3.05, 3.63) is 97.1 Å². The summed E-state index contributed by atoms with van der Waals surface area (Å²) in [5.74, 6) is 0. The van der Waals surface area contributed by atoms with E-state index in [-0.39, 0.29) is 0 Å². The van der Waals surface area contributed by atoms with E-state index in [1.165, 1.54) is 122 Å². The number of hydrogen-bond acceptors (Lipinski definition) is 2. The summed E-state index contributed by atoms with van der Waals surface area (Å²) in [5.41, 5.74) is 10.5. The molecule has 4 aromatic rings. The Kier molecular flexibility index (Phi) is 15.3. The molecule has 246 valence electrons. The summed E-state index contributed by atoms with van der Waals surface area (Å²) in [7, 11) is 0. The zero-order valence-corrected chi connectivity index (χ0v) is 29.4. The van der Waals surface area contributed by atoms with Gasteiger partial charge >= 0.3 is 0 Å². The van der Waals surface area contributed by atoms with E-state index in [0.29, 0.717) is 0 Å². The van der Waals surface area contributed by atoms with Gasteiger partial charge in [-0.15, -0.1) is 0 Å². The summed E-state index contributed by atoms with van der Waals surface area (Å²) < 4.78 is 0. The van der Waals surface area contributed by atoms with E-state index < -0.39 is 0 Å². The molecule has 0 unspecified atom stereocenters. The van der Waals surface area contributed by atoms with Crippen LogP contribution >= 0.6 is 0 Å². The average Bonchev–Trinajstić information content (AvgIpc) is 3.11. The highest BCUT2D eigenvalue weighted by atomic mass is 15.1. The number of rotatable bonds is 21. The van der Waals surface area contributed by atoms with Crippen LogP contribution in [0, 0.1) is 0 Å². The maximum Gasteiger partial charge on any atom is 0.0372 e. The lowest BCUT2D eigenvalue weighted by Crippen LogP contribution is -2.25.